The maximum atomic E-state index is 14.2. The van der Waals surface area contributed by atoms with Gasteiger partial charge in [-0.15, -0.1) is 22.6 Å². The fourth-order valence-electron chi connectivity index (χ4n) is 6.33. The number of nitrogens with one attached hydrogen (secondary N) is 2. The van der Waals surface area contributed by atoms with E-state index in [9.17, 15) is 19.2 Å². The average molecular weight is 684 g/mol. The molecule has 14 heteroatoms. The van der Waals surface area contributed by atoms with Crippen molar-refractivity contribution >= 4 is 29.9 Å². The third kappa shape index (κ3) is 8.02. The monoisotopic (exact) mass is 683 g/mol. The summed E-state index contributed by atoms with van der Waals surface area (Å²) >= 11 is 0. The number of halogens is 1. The van der Waals surface area contributed by atoms with Crippen LogP contribution in [0.25, 0.3) is 22.5 Å². The number of rotatable bonds is 11. The molecule has 1 atom stereocenters. The smallest absolute Gasteiger partial charge is 0.328 e. The Morgan fingerprint density at radius 2 is 1.57 bits per heavy atom. The highest BCUT2D eigenvalue weighted by molar-refractivity contribution is 6.01. The summed E-state index contributed by atoms with van der Waals surface area (Å²) in [4.78, 5) is 56.6. The molecule has 254 valence electrons. The third-order valence-corrected chi connectivity index (χ3v) is 9.06. The minimum absolute atomic E-state index is 0. The molecule has 2 amide bonds. The second kappa shape index (κ2) is 15.7. The number of primary amides is 1. The van der Waals surface area contributed by atoms with E-state index in [-0.39, 0.29) is 30.7 Å². The molecule has 1 saturated carbocycles. The number of hydrogen-bond donors (Lipinski definition) is 4. The third-order valence-electron chi connectivity index (χ3n) is 9.06. The van der Waals surface area contributed by atoms with Gasteiger partial charge >= 0.3 is 5.69 Å². The zero-order valence-electron chi connectivity index (χ0n) is 26.7. The van der Waals surface area contributed by atoms with Crippen molar-refractivity contribution in [2.24, 2.45) is 23.3 Å². The molecule has 3 aromatic carbocycles. The van der Waals surface area contributed by atoms with E-state index in [1.807, 2.05) is 30.3 Å². The molecule has 2 aromatic heterocycles. The first-order chi connectivity index (χ1) is 23.3. The van der Waals surface area contributed by atoms with Crippen LogP contribution in [0.15, 0.2) is 94.6 Å². The first kappa shape index (κ1) is 34.9. The molecule has 1 aliphatic carbocycles. The quantitative estimate of drug-likeness (QED) is 0.163. The van der Waals surface area contributed by atoms with Gasteiger partial charge < -0.3 is 11.5 Å². The molecule has 0 aliphatic heterocycles. The molecule has 49 heavy (non-hydrogen) atoms. The van der Waals surface area contributed by atoms with Gasteiger partial charge in [0.05, 0.1) is 12.1 Å². The molecular weight excluding hydrogens is 646 g/mol. The molecule has 0 radical (unpaired) electrons. The molecule has 0 unspecified atom stereocenters. The van der Waals surface area contributed by atoms with Crippen molar-refractivity contribution in [2.45, 2.75) is 44.7 Å². The molecule has 5 aromatic rings. The number of aromatic amines is 2. The van der Waals surface area contributed by atoms with Crippen molar-refractivity contribution in [1.82, 2.24) is 30.2 Å². The summed E-state index contributed by atoms with van der Waals surface area (Å²) in [6.07, 6.45) is 4.75. The van der Waals surface area contributed by atoms with Gasteiger partial charge in [-0.05, 0) is 84.3 Å². The molecule has 0 bridgehead atoms. The van der Waals surface area contributed by atoms with Crippen LogP contribution < -0.4 is 27.6 Å². The summed E-state index contributed by atoms with van der Waals surface area (Å²) < 4.78 is 1.46. The van der Waals surface area contributed by atoms with Crippen LogP contribution in [0.2, 0.25) is 0 Å². The topological polar surface area (TPSA) is 199 Å². The van der Waals surface area contributed by atoms with Crippen LogP contribution in [-0.2, 0) is 22.6 Å². The summed E-state index contributed by atoms with van der Waals surface area (Å²) in [6.45, 7) is 0.887. The number of H-pyrrole nitrogens is 2. The molecule has 6 N–H and O–H groups in total. The van der Waals surface area contributed by atoms with Gasteiger partial charge in [0.1, 0.15) is 6.04 Å². The lowest BCUT2D eigenvalue weighted by molar-refractivity contribution is -0.127. The number of carbonyl (C=O) groups is 2. The van der Waals surface area contributed by atoms with Crippen LogP contribution in [0.4, 0.5) is 5.69 Å². The zero-order chi connectivity index (χ0) is 33.6. The number of anilines is 1. The van der Waals surface area contributed by atoms with Gasteiger partial charge in [-0.1, -0.05) is 54.6 Å². The maximum Gasteiger partial charge on any atom is 0.328 e. The SMILES string of the molecule is Cl.NCC1CCC(C(=O)N(c2ccc(-c3nn[nH]n3)cc2)[C@@H](Cc2ccc(-c3cn(Cc4ccccc4)c(=O)[nH]c3=O)cc2)C(N)=O)CC1. The molecule has 0 saturated heterocycles. The van der Waals surface area contributed by atoms with Crippen LogP contribution in [0.5, 0.6) is 0 Å². The van der Waals surface area contributed by atoms with Crippen LogP contribution in [0, 0.1) is 11.8 Å². The Balaban J connectivity index is 0.00000468. The average Bonchev–Trinajstić information content (AvgIpc) is 3.66. The van der Waals surface area contributed by atoms with E-state index in [0.29, 0.717) is 60.1 Å². The Hall–Kier alpha value is -5.40. The number of amides is 2. The van der Waals surface area contributed by atoms with E-state index in [2.05, 4.69) is 25.6 Å². The van der Waals surface area contributed by atoms with Gasteiger partial charge in [0.25, 0.3) is 5.56 Å². The van der Waals surface area contributed by atoms with Crippen molar-refractivity contribution in [3.05, 3.63) is 117 Å². The van der Waals surface area contributed by atoms with Crippen LogP contribution in [0.1, 0.15) is 36.8 Å². The highest BCUT2D eigenvalue weighted by Crippen LogP contribution is 2.33. The van der Waals surface area contributed by atoms with Crippen molar-refractivity contribution in [1.29, 1.82) is 0 Å². The first-order valence-electron chi connectivity index (χ1n) is 15.9. The summed E-state index contributed by atoms with van der Waals surface area (Å²) in [5, 5.41) is 14.1. The van der Waals surface area contributed by atoms with Gasteiger partial charge in [0.15, 0.2) is 0 Å². The van der Waals surface area contributed by atoms with E-state index in [1.165, 1.54) is 9.47 Å². The number of nitrogens with zero attached hydrogens (tertiary/aromatic N) is 5. The fraction of sp³-hybridized carbons (Fsp3) is 0.286. The van der Waals surface area contributed by atoms with Crippen molar-refractivity contribution in [3.63, 3.8) is 0 Å². The number of tetrazole rings is 1. The largest absolute Gasteiger partial charge is 0.368 e. The van der Waals surface area contributed by atoms with E-state index in [4.69, 9.17) is 11.5 Å². The second-order valence-electron chi connectivity index (χ2n) is 12.2. The standard InChI is InChI=1S/C35H37N9O4.ClH/c36-19-23-8-12-27(13-9-23)34(47)44(28-16-14-26(15-17-28)32-39-41-42-40-32)30(31(37)45)18-22-6-10-25(11-7-22)29-21-43(35(48)38-33(29)46)20-24-4-2-1-3-5-24;/h1-7,10-11,14-17,21,23,27,30H,8-9,12-13,18-20,36H2,(H2,37,45)(H,38,46,48)(H,39,40,41,42);1H/t23?,27?,30-;/m0./s1. The minimum atomic E-state index is -0.984. The molecule has 0 spiro atoms. The maximum absolute atomic E-state index is 14.2. The Morgan fingerprint density at radius 1 is 0.898 bits per heavy atom. The van der Waals surface area contributed by atoms with E-state index < -0.39 is 23.2 Å². The number of hydrogen-bond acceptors (Lipinski definition) is 8. The van der Waals surface area contributed by atoms with Crippen molar-refractivity contribution in [2.75, 3.05) is 11.4 Å². The lowest BCUT2D eigenvalue weighted by Gasteiger charge is -2.35. The molecular formula is C35H38ClN9O4. The lowest BCUT2D eigenvalue weighted by atomic mass is 9.81. The molecule has 6 rings (SSSR count). The van der Waals surface area contributed by atoms with Gasteiger partial charge in [-0.25, -0.2) is 4.79 Å². The van der Waals surface area contributed by atoms with Crippen LogP contribution in [-0.4, -0.2) is 54.6 Å². The van der Waals surface area contributed by atoms with Gasteiger partial charge in [-0.2, -0.15) is 5.21 Å². The second-order valence-corrected chi connectivity index (χ2v) is 12.2. The number of carbonyl (C=O) groups excluding carboxylic acids is 2. The van der Waals surface area contributed by atoms with Gasteiger partial charge in [-0.3, -0.25) is 28.8 Å². The number of nitrogens with two attached hydrogens (primary N) is 2. The summed E-state index contributed by atoms with van der Waals surface area (Å²) in [7, 11) is 0. The van der Waals surface area contributed by atoms with E-state index >= 15 is 0 Å². The van der Waals surface area contributed by atoms with Crippen LogP contribution in [0.3, 0.4) is 0 Å². The summed E-state index contributed by atoms with van der Waals surface area (Å²) in [5.41, 5.74) is 14.7. The highest BCUT2D eigenvalue weighted by Gasteiger charge is 2.36. The van der Waals surface area contributed by atoms with E-state index in [1.54, 1.807) is 54.7 Å². The first-order valence-corrected chi connectivity index (χ1v) is 15.9. The molecule has 2 heterocycles. The Kier molecular flexibility index (Phi) is 11.2. The normalized spacial score (nSPS) is 16.3. The Labute approximate surface area is 288 Å². The van der Waals surface area contributed by atoms with Crippen LogP contribution >= 0.6 is 12.4 Å². The lowest BCUT2D eigenvalue weighted by Crippen LogP contribution is -2.52. The molecule has 1 fully saturated rings. The number of aromatic nitrogens is 6. The zero-order valence-corrected chi connectivity index (χ0v) is 27.5. The predicted octanol–water partition coefficient (Wildman–Crippen LogP) is 3.05. The molecule has 1 aliphatic rings. The van der Waals surface area contributed by atoms with Crippen molar-refractivity contribution < 1.29 is 9.59 Å². The fourth-order valence-corrected chi connectivity index (χ4v) is 6.33. The summed E-state index contributed by atoms with van der Waals surface area (Å²) in [6, 6.07) is 22.7. The summed E-state index contributed by atoms with van der Waals surface area (Å²) in [5.74, 6) is -0.292. The predicted molar refractivity (Wildman–Crippen MR) is 188 cm³/mol. The van der Waals surface area contributed by atoms with Crippen molar-refractivity contribution in [3.8, 4) is 22.5 Å². The van der Waals surface area contributed by atoms with E-state index in [0.717, 1.165) is 24.0 Å². The molecule has 13 nitrogen and oxygen atoms in total. The Bertz CT molecular complexity index is 1970. The highest BCUT2D eigenvalue weighted by atomic mass is 35.5. The Morgan fingerprint density at radius 3 is 2.18 bits per heavy atom. The van der Waals surface area contributed by atoms with Gasteiger partial charge in [0.2, 0.25) is 17.6 Å². The van der Waals surface area contributed by atoms with Gasteiger partial charge in [0, 0.05) is 29.8 Å². The minimum Gasteiger partial charge on any atom is -0.368 e. The number of benzene rings is 3.